The number of aromatic amines is 1. The molecule has 154 valence electrons. The number of hydrogen-bond donors (Lipinski definition) is 3. The van der Waals surface area contributed by atoms with Crippen molar-refractivity contribution in [1.82, 2.24) is 30.4 Å². The summed E-state index contributed by atoms with van der Waals surface area (Å²) in [7, 11) is 1.95. The van der Waals surface area contributed by atoms with Crippen molar-refractivity contribution in [2.45, 2.75) is 51.6 Å². The van der Waals surface area contributed by atoms with Crippen LogP contribution in [-0.2, 0) is 20.0 Å². The Labute approximate surface area is 169 Å². The lowest BCUT2D eigenvalue weighted by molar-refractivity contribution is 0.610. The van der Waals surface area contributed by atoms with Crippen LogP contribution >= 0.6 is 0 Å². The second-order valence-electron chi connectivity index (χ2n) is 7.69. The molecule has 2 aromatic heterocycles. The van der Waals surface area contributed by atoms with Crippen LogP contribution in [-0.4, -0.2) is 38.3 Å². The number of aromatic nitrogens is 4. The Balaban J connectivity index is 1.42. The molecule has 1 aliphatic rings. The molecule has 2 heterocycles. The lowest BCUT2D eigenvalue weighted by Gasteiger charge is -2.17. The van der Waals surface area contributed by atoms with Crippen LogP contribution in [0.4, 0.5) is 4.39 Å². The van der Waals surface area contributed by atoms with Gasteiger partial charge in [-0.1, -0.05) is 12.8 Å². The molecule has 4 rings (SSSR count). The number of rotatable bonds is 6. The maximum atomic E-state index is 13.6. The maximum Gasteiger partial charge on any atom is 0.191 e. The minimum atomic E-state index is -0.213. The average molecular weight is 398 g/mol. The van der Waals surface area contributed by atoms with Crippen LogP contribution in [0.1, 0.15) is 42.9 Å². The summed E-state index contributed by atoms with van der Waals surface area (Å²) in [5.74, 6) is 2.29. The van der Waals surface area contributed by atoms with Crippen molar-refractivity contribution in [3.8, 4) is 0 Å². The van der Waals surface area contributed by atoms with Crippen LogP contribution < -0.4 is 10.6 Å². The number of aliphatic imine (C=N–C) groups is 1. The lowest BCUT2D eigenvalue weighted by atomic mass is 10.1. The van der Waals surface area contributed by atoms with Crippen molar-refractivity contribution in [1.29, 1.82) is 0 Å². The van der Waals surface area contributed by atoms with Gasteiger partial charge in [0.05, 0.1) is 0 Å². The summed E-state index contributed by atoms with van der Waals surface area (Å²) in [5.41, 5.74) is 2.05. The molecule has 3 aromatic rings. The van der Waals surface area contributed by atoms with E-state index < -0.39 is 0 Å². The van der Waals surface area contributed by atoms with Crippen molar-refractivity contribution < 1.29 is 4.39 Å². The van der Waals surface area contributed by atoms with Crippen LogP contribution in [0.2, 0.25) is 0 Å². The highest BCUT2D eigenvalue weighted by atomic mass is 19.1. The first kappa shape index (κ1) is 19.4. The SMILES string of the molecule is Cc1nnc(CN=C(NCCc2c[nH]c3ccc(F)cc23)NC2CCCC2)n1C. The van der Waals surface area contributed by atoms with Crippen LogP contribution in [0.5, 0.6) is 0 Å². The number of H-pyrrole nitrogens is 1. The second-order valence-corrected chi connectivity index (χ2v) is 7.69. The van der Waals surface area contributed by atoms with Gasteiger partial charge in [-0.2, -0.15) is 0 Å². The summed E-state index contributed by atoms with van der Waals surface area (Å²) in [4.78, 5) is 7.94. The van der Waals surface area contributed by atoms with E-state index in [4.69, 9.17) is 4.99 Å². The molecule has 1 saturated carbocycles. The van der Waals surface area contributed by atoms with E-state index in [0.29, 0.717) is 19.1 Å². The van der Waals surface area contributed by atoms with Gasteiger partial charge in [0.2, 0.25) is 0 Å². The van der Waals surface area contributed by atoms with E-state index in [-0.39, 0.29) is 5.82 Å². The van der Waals surface area contributed by atoms with Crippen LogP contribution in [0.3, 0.4) is 0 Å². The number of hydrogen-bond acceptors (Lipinski definition) is 3. The fourth-order valence-corrected chi connectivity index (χ4v) is 3.83. The minimum Gasteiger partial charge on any atom is -0.361 e. The van der Waals surface area contributed by atoms with Gasteiger partial charge in [0, 0.05) is 36.7 Å². The number of nitrogens with zero attached hydrogens (tertiary/aromatic N) is 4. The predicted molar refractivity (Wildman–Crippen MR) is 112 cm³/mol. The highest BCUT2D eigenvalue weighted by Gasteiger charge is 2.16. The van der Waals surface area contributed by atoms with Gasteiger partial charge in [0.15, 0.2) is 11.8 Å². The van der Waals surface area contributed by atoms with Crippen LogP contribution in [0.25, 0.3) is 10.9 Å². The zero-order chi connectivity index (χ0) is 20.2. The quantitative estimate of drug-likeness (QED) is 0.441. The summed E-state index contributed by atoms with van der Waals surface area (Å²) in [6, 6.07) is 5.30. The Kier molecular flexibility index (Phi) is 5.78. The van der Waals surface area contributed by atoms with E-state index >= 15 is 0 Å². The molecule has 0 radical (unpaired) electrons. The maximum absolute atomic E-state index is 13.6. The summed E-state index contributed by atoms with van der Waals surface area (Å²) in [5, 5.41) is 16.2. The molecule has 8 heteroatoms. The van der Waals surface area contributed by atoms with E-state index in [1.165, 1.54) is 31.7 Å². The van der Waals surface area contributed by atoms with Crippen molar-refractivity contribution >= 4 is 16.9 Å². The van der Waals surface area contributed by atoms with E-state index in [1.54, 1.807) is 12.1 Å². The van der Waals surface area contributed by atoms with Crippen molar-refractivity contribution in [2.24, 2.45) is 12.0 Å². The van der Waals surface area contributed by atoms with Gasteiger partial charge in [-0.3, -0.25) is 0 Å². The smallest absolute Gasteiger partial charge is 0.191 e. The number of fused-ring (bicyclic) bond motifs is 1. The largest absolute Gasteiger partial charge is 0.361 e. The molecule has 0 bridgehead atoms. The Morgan fingerprint density at radius 2 is 2.14 bits per heavy atom. The predicted octanol–water partition coefficient (Wildman–Crippen LogP) is 2.96. The fourth-order valence-electron chi connectivity index (χ4n) is 3.83. The molecule has 0 saturated heterocycles. The third-order valence-electron chi connectivity index (χ3n) is 5.67. The van der Waals surface area contributed by atoms with Gasteiger partial charge >= 0.3 is 0 Å². The van der Waals surface area contributed by atoms with Crippen molar-refractivity contribution in [2.75, 3.05) is 6.54 Å². The van der Waals surface area contributed by atoms with Gasteiger partial charge in [-0.05, 0) is 49.9 Å². The molecule has 0 aliphatic heterocycles. The molecule has 1 fully saturated rings. The molecular formula is C21H28FN7. The molecule has 3 N–H and O–H groups in total. The zero-order valence-electron chi connectivity index (χ0n) is 17.0. The van der Waals surface area contributed by atoms with E-state index in [9.17, 15) is 4.39 Å². The first-order valence-corrected chi connectivity index (χ1v) is 10.3. The molecule has 0 atom stereocenters. The number of nitrogens with one attached hydrogen (secondary N) is 3. The Bertz CT molecular complexity index is 998. The molecule has 0 amide bonds. The molecule has 1 aromatic carbocycles. The summed E-state index contributed by atoms with van der Waals surface area (Å²) in [6.45, 7) is 3.11. The molecular weight excluding hydrogens is 369 g/mol. The first-order chi connectivity index (χ1) is 14.1. The third-order valence-corrected chi connectivity index (χ3v) is 5.67. The topological polar surface area (TPSA) is 82.9 Å². The summed E-state index contributed by atoms with van der Waals surface area (Å²) < 4.78 is 15.6. The monoisotopic (exact) mass is 397 g/mol. The molecule has 0 unspecified atom stereocenters. The lowest BCUT2D eigenvalue weighted by Crippen LogP contribution is -2.43. The van der Waals surface area contributed by atoms with E-state index in [2.05, 4.69) is 25.8 Å². The molecule has 1 aliphatic carbocycles. The third kappa shape index (κ3) is 4.58. The number of halogens is 1. The standard InChI is InChI=1S/C21H28FN7/c1-14-27-28-20(29(14)2)13-25-21(26-17-5-3-4-6-17)23-10-9-15-12-24-19-8-7-16(22)11-18(15)19/h7-8,11-12,17,24H,3-6,9-10,13H2,1-2H3,(H2,23,25,26). The summed E-state index contributed by atoms with van der Waals surface area (Å²) in [6.07, 6.45) is 7.59. The Hall–Kier alpha value is -2.90. The van der Waals surface area contributed by atoms with Crippen LogP contribution in [0, 0.1) is 12.7 Å². The molecule has 0 spiro atoms. The van der Waals surface area contributed by atoms with Crippen LogP contribution in [0.15, 0.2) is 29.4 Å². The van der Waals surface area contributed by atoms with Crippen molar-refractivity contribution in [3.05, 3.63) is 47.4 Å². The van der Waals surface area contributed by atoms with E-state index in [1.807, 2.05) is 24.7 Å². The number of aryl methyl sites for hydroxylation is 1. The van der Waals surface area contributed by atoms with Gasteiger partial charge in [-0.25, -0.2) is 9.38 Å². The van der Waals surface area contributed by atoms with E-state index in [0.717, 1.165) is 40.5 Å². The Morgan fingerprint density at radius 3 is 2.90 bits per heavy atom. The fraction of sp³-hybridized carbons (Fsp3) is 0.476. The number of guanidine groups is 1. The molecule has 29 heavy (non-hydrogen) atoms. The number of benzene rings is 1. The zero-order valence-corrected chi connectivity index (χ0v) is 17.0. The minimum absolute atomic E-state index is 0.213. The van der Waals surface area contributed by atoms with Crippen molar-refractivity contribution in [3.63, 3.8) is 0 Å². The Morgan fingerprint density at radius 1 is 1.31 bits per heavy atom. The first-order valence-electron chi connectivity index (χ1n) is 10.3. The van der Waals surface area contributed by atoms with Gasteiger partial charge in [-0.15, -0.1) is 10.2 Å². The molecule has 7 nitrogen and oxygen atoms in total. The second kappa shape index (κ2) is 8.63. The highest BCUT2D eigenvalue weighted by molar-refractivity contribution is 5.83. The van der Waals surface area contributed by atoms with Gasteiger partial charge in [0.25, 0.3) is 0 Å². The summed E-state index contributed by atoms with van der Waals surface area (Å²) >= 11 is 0. The van der Waals surface area contributed by atoms with Gasteiger partial charge < -0.3 is 20.2 Å². The average Bonchev–Trinajstić information content (AvgIpc) is 3.43. The normalized spacial score (nSPS) is 15.3. The highest BCUT2D eigenvalue weighted by Crippen LogP contribution is 2.20. The van der Waals surface area contributed by atoms with Gasteiger partial charge in [0.1, 0.15) is 18.2 Å².